The van der Waals surface area contributed by atoms with Gasteiger partial charge < -0.3 is 20.4 Å². The standard InChI is InChI=1S/C25H37N5O2/c1-26-25(28-22-13-15-29(18-22)24(32)19-8-3-2-4-9-19)27-14-7-12-23(31)30-16-20-10-5-6-11-21(20)17-30/h5-6,10-11,19,22H,2-4,7-9,12-18H2,1H3,(H2,26,27,28). The average Bonchev–Trinajstić information content (AvgIpc) is 3.48. The molecule has 1 unspecified atom stereocenters. The molecule has 0 bridgehead atoms. The van der Waals surface area contributed by atoms with E-state index in [-0.39, 0.29) is 17.9 Å². The van der Waals surface area contributed by atoms with Crippen molar-refractivity contribution in [2.75, 3.05) is 26.7 Å². The van der Waals surface area contributed by atoms with Crippen molar-refractivity contribution in [1.29, 1.82) is 0 Å². The lowest BCUT2D eigenvalue weighted by atomic mass is 9.88. The van der Waals surface area contributed by atoms with Crippen LogP contribution < -0.4 is 10.6 Å². The van der Waals surface area contributed by atoms with Crippen molar-refractivity contribution in [3.05, 3.63) is 35.4 Å². The number of benzene rings is 1. The van der Waals surface area contributed by atoms with Crippen molar-refractivity contribution in [3.63, 3.8) is 0 Å². The molecule has 0 spiro atoms. The Balaban J connectivity index is 1.14. The fraction of sp³-hybridized carbons (Fsp3) is 0.640. The van der Waals surface area contributed by atoms with Gasteiger partial charge in [0.1, 0.15) is 0 Å². The number of carbonyl (C=O) groups excluding carboxylic acids is 2. The van der Waals surface area contributed by atoms with Crippen molar-refractivity contribution in [1.82, 2.24) is 20.4 Å². The molecule has 2 fully saturated rings. The number of amides is 2. The van der Waals surface area contributed by atoms with Gasteiger partial charge in [-0.05, 0) is 36.8 Å². The average molecular weight is 440 g/mol. The third-order valence-electron chi connectivity index (χ3n) is 7.07. The Bertz CT molecular complexity index is 808. The number of fused-ring (bicyclic) bond motifs is 1. The predicted molar refractivity (Wildman–Crippen MR) is 126 cm³/mol. The SMILES string of the molecule is CN=C(NCCCC(=O)N1Cc2ccccc2C1)NC1CCN(C(=O)C2CCCCC2)C1. The van der Waals surface area contributed by atoms with Gasteiger partial charge in [-0.15, -0.1) is 0 Å². The van der Waals surface area contributed by atoms with Crippen molar-refractivity contribution >= 4 is 17.8 Å². The molecule has 4 rings (SSSR count). The third kappa shape index (κ3) is 5.61. The number of aliphatic imine (C=N–C) groups is 1. The van der Waals surface area contributed by atoms with Crippen LogP contribution in [0.3, 0.4) is 0 Å². The van der Waals surface area contributed by atoms with Crippen molar-refractivity contribution in [2.45, 2.75) is 70.5 Å². The first-order valence-corrected chi connectivity index (χ1v) is 12.2. The number of carbonyl (C=O) groups is 2. The van der Waals surface area contributed by atoms with E-state index in [1.807, 2.05) is 21.9 Å². The highest BCUT2D eigenvalue weighted by molar-refractivity contribution is 5.81. The summed E-state index contributed by atoms with van der Waals surface area (Å²) in [6.07, 6.45) is 8.01. The van der Waals surface area contributed by atoms with Gasteiger partial charge in [0, 0.05) is 58.2 Å². The van der Waals surface area contributed by atoms with E-state index in [1.165, 1.54) is 30.4 Å². The van der Waals surface area contributed by atoms with Crippen molar-refractivity contribution in [2.24, 2.45) is 10.9 Å². The largest absolute Gasteiger partial charge is 0.356 e. The first kappa shape index (κ1) is 22.6. The Morgan fingerprint density at radius 1 is 1.03 bits per heavy atom. The molecule has 1 aromatic rings. The normalized spacial score (nSPS) is 21.5. The Kier molecular flexibility index (Phi) is 7.66. The number of nitrogens with one attached hydrogen (secondary N) is 2. The van der Waals surface area contributed by atoms with Gasteiger partial charge in [-0.1, -0.05) is 43.5 Å². The number of guanidine groups is 1. The van der Waals surface area contributed by atoms with Crippen molar-refractivity contribution < 1.29 is 9.59 Å². The molecule has 2 aliphatic heterocycles. The second kappa shape index (κ2) is 10.8. The maximum atomic E-state index is 12.8. The second-order valence-electron chi connectivity index (χ2n) is 9.37. The number of hydrogen-bond donors (Lipinski definition) is 2. The van der Waals surface area contributed by atoms with E-state index in [0.29, 0.717) is 18.9 Å². The highest BCUT2D eigenvalue weighted by Gasteiger charge is 2.31. The first-order valence-electron chi connectivity index (χ1n) is 12.2. The van der Waals surface area contributed by atoms with E-state index in [1.54, 1.807) is 7.05 Å². The lowest BCUT2D eigenvalue weighted by Crippen LogP contribution is -2.45. The lowest BCUT2D eigenvalue weighted by Gasteiger charge is -2.26. The van der Waals surface area contributed by atoms with Crippen LogP contribution >= 0.6 is 0 Å². The van der Waals surface area contributed by atoms with Gasteiger partial charge in [-0.2, -0.15) is 0 Å². The summed E-state index contributed by atoms with van der Waals surface area (Å²) in [5.41, 5.74) is 2.52. The van der Waals surface area contributed by atoms with Gasteiger partial charge in [0.05, 0.1) is 0 Å². The van der Waals surface area contributed by atoms with Gasteiger partial charge in [0.25, 0.3) is 0 Å². The van der Waals surface area contributed by atoms with E-state index < -0.39 is 0 Å². The Hall–Kier alpha value is -2.57. The van der Waals surface area contributed by atoms with Gasteiger partial charge in [-0.3, -0.25) is 14.6 Å². The Morgan fingerprint density at radius 3 is 2.44 bits per heavy atom. The fourth-order valence-corrected chi connectivity index (χ4v) is 5.19. The second-order valence-corrected chi connectivity index (χ2v) is 9.37. The number of rotatable bonds is 6. The minimum absolute atomic E-state index is 0.207. The number of nitrogens with zero attached hydrogens (tertiary/aromatic N) is 3. The van der Waals surface area contributed by atoms with Crippen LogP contribution in [0.15, 0.2) is 29.3 Å². The van der Waals surface area contributed by atoms with Crippen LogP contribution in [0.25, 0.3) is 0 Å². The molecular weight excluding hydrogens is 402 g/mol. The highest BCUT2D eigenvalue weighted by Crippen LogP contribution is 2.27. The summed E-state index contributed by atoms with van der Waals surface area (Å²) in [4.78, 5) is 33.6. The fourth-order valence-electron chi connectivity index (χ4n) is 5.19. The van der Waals surface area contributed by atoms with E-state index in [9.17, 15) is 9.59 Å². The molecule has 1 aliphatic carbocycles. The molecule has 0 radical (unpaired) electrons. The van der Waals surface area contributed by atoms with E-state index in [4.69, 9.17) is 0 Å². The predicted octanol–water partition coefficient (Wildman–Crippen LogP) is 2.66. The topological polar surface area (TPSA) is 77.0 Å². The summed E-state index contributed by atoms with van der Waals surface area (Å²) in [7, 11) is 1.77. The van der Waals surface area contributed by atoms with Crippen LogP contribution in [0.1, 0.15) is 62.5 Å². The minimum Gasteiger partial charge on any atom is -0.356 e. The molecule has 7 heteroatoms. The van der Waals surface area contributed by atoms with Gasteiger partial charge in [-0.25, -0.2) is 0 Å². The molecule has 7 nitrogen and oxygen atoms in total. The van der Waals surface area contributed by atoms with Crippen LogP contribution in [0.5, 0.6) is 0 Å². The zero-order chi connectivity index (χ0) is 22.3. The number of likely N-dealkylation sites (tertiary alicyclic amines) is 1. The third-order valence-corrected chi connectivity index (χ3v) is 7.07. The van der Waals surface area contributed by atoms with Crippen LogP contribution in [-0.2, 0) is 22.7 Å². The molecule has 2 heterocycles. The molecule has 32 heavy (non-hydrogen) atoms. The zero-order valence-electron chi connectivity index (χ0n) is 19.3. The Morgan fingerprint density at radius 2 is 1.75 bits per heavy atom. The molecule has 1 saturated carbocycles. The minimum atomic E-state index is 0.207. The molecule has 174 valence electrons. The molecule has 2 amide bonds. The maximum absolute atomic E-state index is 12.8. The molecule has 1 atom stereocenters. The molecule has 1 aromatic carbocycles. The van der Waals surface area contributed by atoms with Gasteiger partial charge >= 0.3 is 0 Å². The van der Waals surface area contributed by atoms with E-state index in [0.717, 1.165) is 57.8 Å². The molecule has 2 N–H and O–H groups in total. The van der Waals surface area contributed by atoms with E-state index >= 15 is 0 Å². The molecular formula is C25H37N5O2. The summed E-state index contributed by atoms with van der Waals surface area (Å²) in [6.45, 7) is 3.73. The quantitative estimate of drug-likeness (QED) is 0.406. The monoisotopic (exact) mass is 439 g/mol. The summed E-state index contributed by atoms with van der Waals surface area (Å²) < 4.78 is 0. The Labute approximate surface area is 191 Å². The summed E-state index contributed by atoms with van der Waals surface area (Å²) >= 11 is 0. The summed E-state index contributed by atoms with van der Waals surface area (Å²) in [5.74, 6) is 1.54. The van der Waals surface area contributed by atoms with Crippen LogP contribution in [-0.4, -0.2) is 60.3 Å². The van der Waals surface area contributed by atoms with Crippen LogP contribution in [0.4, 0.5) is 0 Å². The van der Waals surface area contributed by atoms with Crippen LogP contribution in [0, 0.1) is 5.92 Å². The lowest BCUT2D eigenvalue weighted by molar-refractivity contribution is -0.135. The number of hydrogen-bond acceptors (Lipinski definition) is 3. The van der Waals surface area contributed by atoms with Gasteiger partial charge in [0.2, 0.25) is 11.8 Å². The summed E-state index contributed by atoms with van der Waals surface area (Å²) in [5, 5.41) is 6.79. The molecule has 1 saturated heterocycles. The molecule has 3 aliphatic rings. The van der Waals surface area contributed by atoms with Gasteiger partial charge in [0.15, 0.2) is 5.96 Å². The molecule has 0 aromatic heterocycles. The van der Waals surface area contributed by atoms with Crippen LogP contribution in [0.2, 0.25) is 0 Å². The van der Waals surface area contributed by atoms with Crippen molar-refractivity contribution in [3.8, 4) is 0 Å². The smallest absolute Gasteiger partial charge is 0.225 e. The first-order chi connectivity index (χ1) is 15.6. The highest BCUT2D eigenvalue weighted by atomic mass is 16.2. The maximum Gasteiger partial charge on any atom is 0.225 e. The summed E-state index contributed by atoms with van der Waals surface area (Å²) in [6, 6.07) is 8.51. The van der Waals surface area contributed by atoms with E-state index in [2.05, 4.69) is 27.8 Å². The zero-order valence-corrected chi connectivity index (χ0v) is 19.3.